The Morgan fingerprint density at radius 2 is 1.70 bits per heavy atom. The maximum atomic E-state index is 10.8. The van der Waals surface area contributed by atoms with E-state index in [0.29, 0.717) is 5.69 Å². The van der Waals surface area contributed by atoms with Crippen molar-refractivity contribution < 1.29 is 25.9 Å². The quantitative estimate of drug-likeness (QED) is 0.464. The van der Waals surface area contributed by atoms with Gasteiger partial charge in [0.05, 0.1) is 0 Å². The van der Waals surface area contributed by atoms with Gasteiger partial charge in [0.1, 0.15) is 0 Å². The molecule has 0 amide bonds. The monoisotopic (exact) mass is 383 g/mol. The molecular formula is C10H14AsNO6S2. The molecule has 10 heteroatoms. The van der Waals surface area contributed by atoms with E-state index in [0.717, 1.165) is 9.56 Å². The van der Waals surface area contributed by atoms with Crippen molar-refractivity contribution in [3.63, 3.8) is 0 Å². The number of rotatable bonds is 6. The van der Waals surface area contributed by atoms with E-state index in [1.165, 1.54) is 0 Å². The molecule has 1 saturated heterocycles. The number of anilines is 1. The molecule has 0 radical (unpaired) electrons. The van der Waals surface area contributed by atoms with Gasteiger partial charge in [-0.3, -0.25) is 0 Å². The number of nitrogens with one attached hydrogen (secondary N) is 1. The van der Waals surface area contributed by atoms with E-state index in [9.17, 15) is 16.8 Å². The van der Waals surface area contributed by atoms with Crippen molar-refractivity contribution in [2.45, 2.75) is 9.91 Å². The van der Waals surface area contributed by atoms with Crippen LogP contribution in [0.3, 0.4) is 0 Å². The summed E-state index contributed by atoms with van der Waals surface area (Å²) in [5, 5.41) is 3.41. The zero-order chi connectivity index (χ0) is 15.0. The molecule has 1 aliphatic rings. The van der Waals surface area contributed by atoms with Crippen LogP contribution in [0.5, 0.6) is 0 Å². The summed E-state index contributed by atoms with van der Waals surface area (Å²) in [5.41, 5.74) is 0.563. The fourth-order valence-corrected chi connectivity index (χ4v) is 10.0. The van der Waals surface area contributed by atoms with E-state index in [1.54, 1.807) is 12.1 Å². The van der Waals surface area contributed by atoms with Crippen LogP contribution in [0.25, 0.3) is 0 Å². The second-order valence-corrected chi connectivity index (χ2v) is 12.8. The van der Waals surface area contributed by atoms with Gasteiger partial charge in [0.15, 0.2) is 0 Å². The van der Waals surface area contributed by atoms with Gasteiger partial charge in [0.25, 0.3) is 0 Å². The summed E-state index contributed by atoms with van der Waals surface area (Å²) in [6.07, 6.45) is 0. The first-order valence-corrected chi connectivity index (χ1v) is 12.2. The SMILES string of the molecule is O=S(=O)(O)CNc1ccc([As]2CC2CS(=O)(=O)O)cc1. The van der Waals surface area contributed by atoms with Gasteiger partial charge in [0.2, 0.25) is 0 Å². The minimum absolute atomic E-state index is 0.0779. The Morgan fingerprint density at radius 3 is 2.20 bits per heavy atom. The second-order valence-electron chi connectivity index (χ2n) is 4.50. The standard InChI is InChI=1S/C10H14AsNO6S2/c13-19(14,15)6-9-5-11(9)8-1-3-10(4-2-8)12-7-20(16,17)18/h1-4,9,12H,5-7H2,(H,13,14,15)(H,16,17,18). The third-order valence-corrected chi connectivity index (χ3v) is 10.0. The molecule has 1 aliphatic heterocycles. The van der Waals surface area contributed by atoms with E-state index in [-0.39, 0.29) is 10.5 Å². The minimum atomic E-state index is -4.06. The van der Waals surface area contributed by atoms with Gasteiger partial charge in [-0.1, -0.05) is 0 Å². The molecule has 1 heterocycles. The van der Waals surface area contributed by atoms with Crippen LogP contribution in [0.2, 0.25) is 9.91 Å². The molecule has 0 bridgehead atoms. The summed E-state index contributed by atoms with van der Waals surface area (Å²) in [5.74, 6) is -0.727. The van der Waals surface area contributed by atoms with Crippen LogP contribution < -0.4 is 9.67 Å². The molecule has 3 N–H and O–H groups in total. The first kappa shape index (κ1) is 15.8. The fourth-order valence-electron chi connectivity index (χ4n) is 1.83. The average molecular weight is 383 g/mol. The van der Waals surface area contributed by atoms with Gasteiger partial charge in [-0.2, -0.15) is 0 Å². The van der Waals surface area contributed by atoms with Crippen molar-refractivity contribution in [2.75, 3.05) is 16.9 Å². The molecule has 1 aromatic carbocycles. The predicted octanol–water partition coefficient (Wildman–Crippen LogP) is -0.0828. The zero-order valence-electron chi connectivity index (χ0n) is 10.3. The normalized spacial score (nSPS) is 22.5. The molecule has 2 unspecified atom stereocenters. The molecule has 0 aliphatic carbocycles. The molecule has 2 rings (SSSR count). The Bertz CT molecular complexity index is 685. The molecule has 2 atom stereocenters. The number of benzene rings is 1. The van der Waals surface area contributed by atoms with Gasteiger partial charge in [0, 0.05) is 0 Å². The third-order valence-electron chi connectivity index (χ3n) is 2.78. The average Bonchev–Trinajstić information content (AvgIpc) is 3.03. The fraction of sp³-hybridized carbons (Fsp3) is 0.400. The first-order valence-electron chi connectivity index (χ1n) is 5.65. The summed E-state index contributed by atoms with van der Waals surface area (Å²) in [6, 6.07) is 7.04. The Labute approximate surface area is 122 Å². The van der Waals surface area contributed by atoms with Gasteiger partial charge in [-0.05, 0) is 0 Å². The summed E-state index contributed by atoms with van der Waals surface area (Å²) < 4.78 is 61.3. The van der Waals surface area contributed by atoms with Crippen molar-refractivity contribution in [1.82, 2.24) is 0 Å². The van der Waals surface area contributed by atoms with Crippen molar-refractivity contribution in [3.05, 3.63) is 24.3 Å². The summed E-state index contributed by atoms with van der Waals surface area (Å²) in [7, 11) is -7.97. The van der Waals surface area contributed by atoms with Crippen LogP contribution in [0.1, 0.15) is 0 Å². The van der Waals surface area contributed by atoms with E-state index >= 15 is 0 Å². The van der Waals surface area contributed by atoms with Crippen LogP contribution in [-0.2, 0) is 20.2 Å². The molecule has 20 heavy (non-hydrogen) atoms. The Balaban J connectivity index is 1.93. The molecule has 0 saturated carbocycles. The Kier molecular flexibility index (Phi) is 4.46. The topological polar surface area (TPSA) is 121 Å². The summed E-state index contributed by atoms with van der Waals surface area (Å²) in [4.78, 5) is 0. The summed E-state index contributed by atoms with van der Waals surface area (Å²) >= 11 is -1.37. The maximum absolute atomic E-state index is 10.8. The van der Waals surface area contributed by atoms with Crippen molar-refractivity contribution in [1.29, 1.82) is 0 Å². The van der Waals surface area contributed by atoms with Crippen LogP contribution in [0.4, 0.5) is 5.69 Å². The van der Waals surface area contributed by atoms with Crippen molar-refractivity contribution >= 4 is 44.9 Å². The van der Waals surface area contributed by atoms with Crippen molar-refractivity contribution in [2.24, 2.45) is 0 Å². The third kappa shape index (κ3) is 5.06. The molecule has 1 aromatic rings. The van der Waals surface area contributed by atoms with Crippen LogP contribution in [0, 0.1) is 0 Å². The zero-order valence-corrected chi connectivity index (χ0v) is 13.8. The predicted molar refractivity (Wildman–Crippen MR) is 76.8 cm³/mol. The van der Waals surface area contributed by atoms with Gasteiger partial charge < -0.3 is 0 Å². The molecule has 1 fully saturated rings. The number of hydrogen-bond acceptors (Lipinski definition) is 5. The molecule has 0 spiro atoms. The van der Waals surface area contributed by atoms with Crippen LogP contribution in [-0.4, -0.2) is 52.2 Å². The van der Waals surface area contributed by atoms with Gasteiger partial charge in [-0.15, -0.1) is 0 Å². The Morgan fingerprint density at radius 1 is 1.10 bits per heavy atom. The van der Waals surface area contributed by atoms with Crippen LogP contribution >= 0.6 is 0 Å². The van der Waals surface area contributed by atoms with Gasteiger partial charge >= 0.3 is 122 Å². The molecular weight excluding hydrogens is 369 g/mol. The van der Waals surface area contributed by atoms with E-state index in [1.807, 2.05) is 12.1 Å². The van der Waals surface area contributed by atoms with Crippen LogP contribution in [0.15, 0.2) is 24.3 Å². The molecule has 0 aromatic heterocycles. The van der Waals surface area contributed by atoms with E-state index < -0.39 is 40.8 Å². The molecule has 7 nitrogen and oxygen atoms in total. The van der Waals surface area contributed by atoms with Gasteiger partial charge in [-0.25, -0.2) is 0 Å². The Hall–Kier alpha value is -0.602. The van der Waals surface area contributed by atoms with E-state index in [4.69, 9.17) is 9.11 Å². The molecule has 112 valence electrons. The van der Waals surface area contributed by atoms with E-state index in [2.05, 4.69) is 5.32 Å². The summed E-state index contributed by atoms with van der Waals surface area (Å²) in [6.45, 7) is 0. The van der Waals surface area contributed by atoms with Crippen molar-refractivity contribution in [3.8, 4) is 0 Å². The second kappa shape index (κ2) is 5.65. The number of hydrogen-bond donors (Lipinski definition) is 3. The first-order chi connectivity index (χ1) is 9.14.